The number of amides is 1. The van der Waals surface area contributed by atoms with Crippen LogP contribution in [0.25, 0.3) is 5.78 Å². The van der Waals surface area contributed by atoms with Crippen LogP contribution < -0.4 is 10.9 Å². The SMILES string of the molecule is CC(C)(C)c1nn2c(SCC(=O)Nc3ccc(C(F)(F)F)cc3)nnc2[nH]c1=O. The fraction of sp³-hybridized carbons (Fsp3) is 0.353. The van der Waals surface area contributed by atoms with Crippen LogP contribution in [-0.2, 0) is 16.4 Å². The van der Waals surface area contributed by atoms with Crippen molar-refractivity contribution in [1.29, 1.82) is 0 Å². The molecule has 0 fully saturated rings. The molecule has 3 rings (SSSR count). The number of H-pyrrole nitrogens is 1. The average molecular weight is 426 g/mol. The first-order valence-electron chi connectivity index (χ1n) is 8.41. The van der Waals surface area contributed by atoms with Gasteiger partial charge in [-0.15, -0.1) is 10.2 Å². The number of thioether (sulfide) groups is 1. The van der Waals surface area contributed by atoms with Crippen molar-refractivity contribution in [2.24, 2.45) is 0 Å². The van der Waals surface area contributed by atoms with Gasteiger partial charge in [0.2, 0.25) is 11.1 Å². The molecular formula is C17H17F3N6O2S. The Morgan fingerprint density at radius 2 is 1.83 bits per heavy atom. The molecule has 29 heavy (non-hydrogen) atoms. The standard InChI is InChI=1S/C17H17F3N6O2S/c1-16(2,3)12-13(28)22-14-23-24-15(26(14)25-12)29-8-11(27)21-10-6-4-9(5-7-10)17(18,19)20/h4-7H,8H2,1-3H3,(H,21,27)(H,22,23,28). The van der Waals surface area contributed by atoms with Gasteiger partial charge in [-0.1, -0.05) is 32.5 Å². The monoisotopic (exact) mass is 426 g/mol. The number of rotatable bonds is 4. The van der Waals surface area contributed by atoms with Crippen LogP contribution in [0.15, 0.2) is 34.2 Å². The first kappa shape index (κ1) is 20.8. The summed E-state index contributed by atoms with van der Waals surface area (Å²) in [7, 11) is 0. The van der Waals surface area contributed by atoms with E-state index in [4.69, 9.17) is 0 Å². The first-order valence-corrected chi connectivity index (χ1v) is 9.40. The number of carbonyl (C=O) groups is 1. The minimum atomic E-state index is -4.44. The normalized spacial score (nSPS) is 12.3. The Labute approximate surface area is 166 Å². The Balaban J connectivity index is 1.70. The highest BCUT2D eigenvalue weighted by atomic mass is 32.2. The number of aromatic nitrogens is 5. The van der Waals surface area contributed by atoms with Gasteiger partial charge >= 0.3 is 6.18 Å². The van der Waals surface area contributed by atoms with Gasteiger partial charge in [-0.2, -0.15) is 22.8 Å². The highest BCUT2D eigenvalue weighted by molar-refractivity contribution is 7.99. The van der Waals surface area contributed by atoms with E-state index in [2.05, 4.69) is 25.6 Å². The molecule has 0 bridgehead atoms. The predicted molar refractivity (Wildman–Crippen MR) is 101 cm³/mol. The molecular weight excluding hydrogens is 409 g/mol. The molecule has 0 atom stereocenters. The zero-order valence-electron chi connectivity index (χ0n) is 15.7. The molecule has 8 nitrogen and oxygen atoms in total. The summed E-state index contributed by atoms with van der Waals surface area (Å²) >= 11 is 1.03. The van der Waals surface area contributed by atoms with Crippen LogP contribution >= 0.6 is 11.8 Å². The number of nitrogens with one attached hydrogen (secondary N) is 2. The second-order valence-electron chi connectivity index (χ2n) is 7.18. The number of carbonyl (C=O) groups excluding carboxylic acids is 1. The van der Waals surface area contributed by atoms with Crippen molar-refractivity contribution in [2.45, 2.75) is 37.5 Å². The Kier molecular flexibility index (Phi) is 5.39. The first-order chi connectivity index (χ1) is 13.4. The largest absolute Gasteiger partial charge is 0.416 e. The third kappa shape index (κ3) is 4.75. The number of aromatic amines is 1. The molecule has 154 valence electrons. The smallest absolute Gasteiger partial charge is 0.325 e. The number of fused-ring (bicyclic) bond motifs is 1. The fourth-order valence-corrected chi connectivity index (χ4v) is 3.07. The van der Waals surface area contributed by atoms with Crippen LogP contribution in [0.1, 0.15) is 32.0 Å². The van der Waals surface area contributed by atoms with Crippen LogP contribution in [0.5, 0.6) is 0 Å². The molecule has 0 saturated heterocycles. The summed E-state index contributed by atoms with van der Waals surface area (Å²) in [5, 5.41) is 14.8. The van der Waals surface area contributed by atoms with Crippen LogP contribution in [0.2, 0.25) is 0 Å². The summed E-state index contributed by atoms with van der Waals surface area (Å²) in [5.74, 6) is -0.367. The van der Waals surface area contributed by atoms with Crippen molar-refractivity contribution < 1.29 is 18.0 Å². The van der Waals surface area contributed by atoms with E-state index < -0.39 is 23.1 Å². The second kappa shape index (κ2) is 7.50. The van der Waals surface area contributed by atoms with Crippen molar-refractivity contribution in [2.75, 3.05) is 11.1 Å². The Bertz CT molecular complexity index is 1100. The lowest BCUT2D eigenvalue weighted by atomic mass is 9.93. The summed E-state index contributed by atoms with van der Waals surface area (Å²) < 4.78 is 39.1. The maximum atomic E-state index is 12.6. The third-order valence-electron chi connectivity index (χ3n) is 3.79. The second-order valence-corrected chi connectivity index (χ2v) is 8.13. The van der Waals surface area contributed by atoms with Crippen molar-refractivity contribution in [3.63, 3.8) is 0 Å². The number of anilines is 1. The Morgan fingerprint density at radius 3 is 2.41 bits per heavy atom. The lowest BCUT2D eigenvalue weighted by Crippen LogP contribution is -2.28. The molecule has 1 aromatic carbocycles. The van der Waals surface area contributed by atoms with Crippen LogP contribution in [0.3, 0.4) is 0 Å². The van der Waals surface area contributed by atoms with E-state index in [9.17, 15) is 22.8 Å². The molecule has 2 N–H and O–H groups in total. The number of hydrogen-bond acceptors (Lipinski definition) is 6. The molecule has 2 aromatic heterocycles. The van der Waals surface area contributed by atoms with Gasteiger partial charge in [0.15, 0.2) is 0 Å². The molecule has 2 heterocycles. The van der Waals surface area contributed by atoms with Gasteiger partial charge in [-0.3, -0.25) is 14.6 Å². The van der Waals surface area contributed by atoms with Crippen LogP contribution in [0, 0.1) is 0 Å². The van der Waals surface area contributed by atoms with E-state index in [0.29, 0.717) is 10.9 Å². The minimum absolute atomic E-state index is 0.0759. The summed E-state index contributed by atoms with van der Waals surface area (Å²) in [6.07, 6.45) is -4.44. The van der Waals surface area contributed by atoms with Gasteiger partial charge in [0.05, 0.1) is 11.3 Å². The van der Waals surface area contributed by atoms with Crippen molar-refractivity contribution in [3.8, 4) is 0 Å². The molecule has 0 aliphatic carbocycles. The highest BCUT2D eigenvalue weighted by Crippen LogP contribution is 2.29. The van der Waals surface area contributed by atoms with Gasteiger partial charge in [0, 0.05) is 11.1 Å². The summed E-state index contributed by atoms with van der Waals surface area (Å²) in [6.45, 7) is 5.52. The van der Waals surface area contributed by atoms with Gasteiger partial charge in [-0.05, 0) is 24.3 Å². The summed E-state index contributed by atoms with van der Waals surface area (Å²) in [5.41, 5.74) is -1.13. The summed E-state index contributed by atoms with van der Waals surface area (Å²) in [4.78, 5) is 26.8. The zero-order chi connectivity index (χ0) is 21.4. The Hall–Kier alpha value is -2.89. The van der Waals surface area contributed by atoms with Crippen LogP contribution in [0.4, 0.5) is 18.9 Å². The van der Waals surface area contributed by atoms with Crippen molar-refractivity contribution in [1.82, 2.24) is 24.8 Å². The fourth-order valence-electron chi connectivity index (χ4n) is 2.39. The van der Waals surface area contributed by atoms with E-state index >= 15 is 0 Å². The summed E-state index contributed by atoms with van der Waals surface area (Å²) in [6, 6.07) is 4.14. The van der Waals surface area contributed by atoms with Gasteiger partial charge in [0.1, 0.15) is 5.69 Å². The zero-order valence-corrected chi connectivity index (χ0v) is 16.5. The number of halogens is 3. The van der Waals surface area contributed by atoms with Gasteiger partial charge < -0.3 is 5.32 Å². The molecule has 1 amide bonds. The lowest BCUT2D eigenvalue weighted by Gasteiger charge is -2.15. The molecule has 0 unspecified atom stereocenters. The molecule has 0 aliphatic rings. The van der Waals surface area contributed by atoms with E-state index in [0.717, 1.165) is 23.9 Å². The molecule has 12 heteroatoms. The van der Waals surface area contributed by atoms with Gasteiger partial charge in [-0.25, -0.2) is 0 Å². The molecule has 3 aromatic rings. The number of hydrogen-bond donors (Lipinski definition) is 2. The van der Waals surface area contributed by atoms with Crippen LogP contribution in [-0.4, -0.2) is 36.5 Å². The Morgan fingerprint density at radius 1 is 1.17 bits per heavy atom. The maximum Gasteiger partial charge on any atom is 0.416 e. The third-order valence-corrected chi connectivity index (χ3v) is 4.71. The van der Waals surface area contributed by atoms with Crippen molar-refractivity contribution in [3.05, 3.63) is 45.9 Å². The molecule has 0 radical (unpaired) electrons. The predicted octanol–water partition coefficient (Wildman–Crippen LogP) is 2.86. The number of alkyl halides is 3. The highest BCUT2D eigenvalue weighted by Gasteiger charge is 2.30. The molecule has 0 aliphatic heterocycles. The van der Waals surface area contributed by atoms with Gasteiger partial charge in [0.25, 0.3) is 11.3 Å². The average Bonchev–Trinajstić information content (AvgIpc) is 3.00. The van der Waals surface area contributed by atoms with E-state index in [1.807, 2.05) is 20.8 Å². The maximum absolute atomic E-state index is 12.6. The topological polar surface area (TPSA) is 105 Å². The number of nitrogens with zero attached hydrogens (tertiary/aromatic N) is 4. The van der Waals surface area contributed by atoms with E-state index in [1.54, 1.807) is 0 Å². The van der Waals surface area contributed by atoms with E-state index in [-0.39, 0.29) is 22.8 Å². The quantitative estimate of drug-likeness (QED) is 0.622. The van der Waals surface area contributed by atoms with E-state index in [1.165, 1.54) is 16.6 Å². The molecule has 0 saturated carbocycles. The molecule has 0 spiro atoms. The minimum Gasteiger partial charge on any atom is -0.325 e. The number of benzene rings is 1. The lowest BCUT2D eigenvalue weighted by molar-refractivity contribution is -0.137. The van der Waals surface area contributed by atoms with Crippen molar-refractivity contribution >= 4 is 29.1 Å².